The van der Waals surface area contributed by atoms with Crippen LogP contribution in [0.25, 0.3) is 0 Å². The highest BCUT2D eigenvalue weighted by molar-refractivity contribution is 5.92. The number of nitrogens with zero attached hydrogens (tertiary/aromatic N) is 4. The number of amides is 1. The molecule has 2 aromatic rings. The molecule has 1 aliphatic heterocycles. The van der Waals surface area contributed by atoms with E-state index in [4.69, 9.17) is 4.74 Å². The molecule has 130 valence electrons. The topological polar surface area (TPSA) is 88.8 Å². The molecule has 0 bridgehead atoms. The van der Waals surface area contributed by atoms with E-state index in [0.717, 1.165) is 0 Å². The van der Waals surface area contributed by atoms with Gasteiger partial charge in [0.1, 0.15) is 11.4 Å². The van der Waals surface area contributed by atoms with Crippen LogP contribution in [0.3, 0.4) is 0 Å². The summed E-state index contributed by atoms with van der Waals surface area (Å²) < 4.78 is 5.11. The Labute approximate surface area is 144 Å². The van der Waals surface area contributed by atoms with Gasteiger partial charge in [0.2, 0.25) is 0 Å². The molecule has 0 radical (unpaired) electrons. The van der Waals surface area contributed by atoms with Crippen LogP contribution in [0, 0.1) is 10.1 Å². The number of carbonyl (C=O) groups is 1. The number of ether oxygens (including phenoxy) is 1. The zero-order chi connectivity index (χ0) is 17.8. The second-order valence-corrected chi connectivity index (χ2v) is 5.58. The lowest BCUT2D eigenvalue weighted by Gasteiger charge is -2.35. The predicted molar refractivity (Wildman–Crippen MR) is 92.0 cm³/mol. The summed E-state index contributed by atoms with van der Waals surface area (Å²) in [6.07, 6.45) is 1.59. The Morgan fingerprint density at radius 3 is 2.52 bits per heavy atom. The van der Waals surface area contributed by atoms with Crippen LogP contribution in [0.1, 0.15) is 10.5 Å². The summed E-state index contributed by atoms with van der Waals surface area (Å²) in [4.78, 5) is 31.1. The van der Waals surface area contributed by atoms with Crippen molar-refractivity contribution in [1.29, 1.82) is 0 Å². The van der Waals surface area contributed by atoms with E-state index >= 15 is 0 Å². The normalized spacial score (nSPS) is 14.3. The van der Waals surface area contributed by atoms with Gasteiger partial charge in [-0.3, -0.25) is 19.9 Å². The molecule has 1 amide bonds. The van der Waals surface area contributed by atoms with Gasteiger partial charge in [0, 0.05) is 32.4 Å². The molecule has 3 rings (SSSR count). The van der Waals surface area contributed by atoms with Crippen molar-refractivity contribution in [3.8, 4) is 5.75 Å². The van der Waals surface area contributed by atoms with Crippen LogP contribution in [-0.2, 0) is 0 Å². The average molecular weight is 342 g/mol. The first-order chi connectivity index (χ1) is 12.1. The van der Waals surface area contributed by atoms with Gasteiger partial charge >= 0.3 is 5.69 Å². The molecule has 1 aromatic heterocycles. The third-order valence-corrected chi connectivity index (χ3v) is 4.17. The standard InChI is InChI=1S/C17H18N4O4/c1-25-15-7-4-6-14(16(15)21(23)24)19-9-11-20(12-10-19)17(22)13-5-2-3-8-18-13/h2-8H,9-12H2,1H3. The van der Waals surface area contributed by atoms with E-state index in [0.29, 0.717) is 37.6 Å². The van der Waals surface area contributed by atoms with E-state index in [9.17, 15) is 14.9 Å². The van der Waals surface area contributed by atoms with E-state index in [1.165, 1.54) is 7.11 Å². The maximum Gasteiger partial charge on any atom is 0.333 e. The summed E-state index contributed by atoms with van der Waals surface area (Å²) in [6, 6.07) is 10.2. The number of anilines is 1. The Morgan fingerprint density at radius 1 is 1.16 bits per heavy atom. The maximum atomic E-state index is 12.4. The second kappa shape index (κ2) is 7.16. The minimum atomic E-state index is -0.431. The third kappa shape index (κ3) is 3.37. The fourth-order valence-electron chi connectivity index (χ4n) is 2.92. The Balaban J connectivity index is 1.75. The molecule has 8 nitrogen and oxygen atoms in total. The molecule has 0 unspecified atom stereocenters. The van der Waals surface area contributed by atoms with E-state index in [-0.39, 0.29) is 17.3 Å². The lowest BCUT2D eigenvalue weighted by Crippen LogP contribution is -2.49. The Kier molecular flexibility index (Phi) is 4.78. The second-order valence-electron chi connectivity index (χ2n) is 5.58. The van der Waals surface area contributed by atoms with Crippen molar-refractivity contribution >= 4 is 17.3 Å². The zero-order valence-electron chi connectivity index (χ0n) is 13.8. The molecule has 0 atom stereocenters. The number of benzene rings is 1. The fourth-order valence-corrected chi connectivity index (χ4v) is 2.92. The lowest BCUT2D eigenvalue weighted by molar-refractivity contribution is -0.385. The van der Waals surface area contributed by atoms with Crippen LogP contribution >= 0.6 is 0 Å². The van der Waals surface area contributed by atoms with Crippen molar-refractivity contribution in [3.63, 3.8) is 0 Å². The SMILES string of the molecule is COc1cccc(N2CCN(C(=O)c3ccccn3)CC2)c1[N+](=O)[O-]. The number of rotatable bonds is 4. The largest absolute Gasteiger partial charge is 0.490 e. The number of carbonyl (C=O) groups excluding carboxylic acids is 1. The number of hydrogen-bond acceptors (Lipinski definition) is 6. The molecule has 0 N–H and O–H groups in total. The number of pyridine rings is 1. The van der Waals surface area contributed by atoms with Gasteiger partial charge < -0.3 is 14.5 Å². The first-order valence-electron chi connectivity index (χ1n) is 7.88. The summed E-state index contributed by atoms with van der Waals surface area (Å²) in [5.41, 5.74) is 0.868. The minimum Gasteiger partial charge on any atom is -0.490 e. The number of aromatic nitrogens is 1. The Hall–Kier alpha value is -3.16. The number of nitro benzene ring substituents is 1. The van der Waals surface area contributed by atoms with Crippen LogP contribution in [0.15, 0.2) is 42.6 Å². The van der Waals surface area contributed by atoms with Crippen LogP contribution in [-0.4, -0.2) is 54.0 Å². The highest BCUT2D eigenvalue weighted by Crippen LogP contribution is 2.37. The van der Waals surface area contributed by atoms with E-state index in [2.05, 4.69) is 4.98 Å². The molecule has 8 heteroatoms. The molecule has 0 spiro atoms. The Morgan fingerprint density at radius 2 is 1.92 bits per heavy atom. The van der Waals surface area contributed by atoms with E-state index in [1.54, 1.807) is 47.5 Å². The van der Waals surface area contributed by atoms with Gasteiger partial charge in [0.15, 0.2) is 5.75 Å². The van der Waals surface area contributed by atoms with Crippen LogP contribution in [0.2, 0.25) is 0 Å². The van der Waals surface area contributed by atoms with Crippen molar-refractivity contribution in [2.24, 2.45) is 0 Å². The number of piperazine rings is 1. The minimum absolute atomic E-state index is 0.0468. The smallest absolute Gasteiger partial charge is 0.333 e. The average Bonchev–Trinajstić information content (AvgIpc) is 2.67. The van der Waals surface area contributed by atoms with Gasteiger partial charge in [-0.05, 0) is 24.3 Å². The number of nitro groups is 1. The molecule has 1 fully saturated rings. The molecule has 25 heavy (non-hydrogen) atoms. The number of hydrogen-bond donors (Lipinski definition) is 0. The molecule has 0 aliphatic carbocycles. The molecule has 1 aliphatic rings. The summed E-state index contributed by atoms with van der Waals surface area (Å²) in [5.74, 6) is 0.106. The highest BCUT2D eigenvalue weighted by Gasteiger charge is 2.29. The number of methoxy groups -OCH3 is 1. The third-order valence-electron chi connectivity index (χ3n) is 4.17. The van der Waals surface area contributed by atoms with Gasteiger partial charge in [0.25, 0.3) is 5.91 Å². The van der Waals surface area contributed by atoms with Crippen molar-refractivity contribution in [1.82, 2.24) is 9.88 Å². The van der Waals surface area contributed by atoms with E-state index < -0.39 is 4.92 Å². The van der Waals surface area contributed by atoms with Gasteiger partial charge in [0.05, 0.1) is 12.0 Å². The number of para-hydroxylation sites is 1. The maximum absolute atomic E-state index is 12.4. The Bertz CT molecular complexity index is 773. The van der Waals surface area contributed by atoms with Gasteiger partial charge in [-0.25, -0.2) is 0 Å². The molecular weight excluding hydrogens is 324 g/mol. The zero-order valence-corrected chi connectivity index (χ0v) is 13.8. The molecule has 1 aromatic carbocycles. The first kappa shape index (κ1) is 16.7. The van der Waals surface area contributed by atoms with Crippen molar-refractivity contribution < 1.29 is 14.5 Å². The van der Waals surface area contributed by atoms with Crippen molar-refractivity contribution in [2.75, 3.05) is 38.2 Å². The quantitative estimate of drug-likeness (QED) is 0.623. The highest BCUT2D eigenvalue weighted by atomic mass is 16.6. The lowest BCUT2D eigenvalue weighted by atomic mass is 10.2. The molecule has 2 heterocycles. The van der Waals surface area contributed by atoms with E-state index in [1.807, 2.05) is 4.90 Å². The summed E-state index contributed by atoms with van der Waals surface area (Å²) in [6.45, 7) is 1.96. The van der Waals surface area contributed by atoms with Crippen molar-refractivity contribution in [3.05, 3.63) is 58.4 Å². The summed E-state index contributed by atoms with van der Waals surface area (Å²) in [5, 5.41) is 11.4. The summed E-state index contributed by atoms with van der Waals surface area (Å²) >= 11 is 0. The van der Waals surface area contributed by atoms with Crippen LogP contribution in [0.4, 0.5) is 11.4 Å². The first-order valence-corrected chi connectivity index (χ1v) is 7.88. The predicted octanol–water partition coefficient (Wildman–Crippen LogP) is 1.96. The van der Waals surface area contributed by atoms with Gasteiger partial charge in [-0.15, -0.1) is 0 Å². The molecule has 0 saturated carbocycles. The fraction of sp³-hybridized carbons (Fsp3) is 0.294. The van der Waals surface area contributed by atoms with Crippen molar-refractivity contribution in [2.45, 2.75) is 0 Å². The van der Waals surface area contributed by atoms with Crippen LogP contribution in [0.5, 0.6) is 5.75 Å². The monoisotopic (exact) mass is 342 g/mol. The van der Waals surface area contributed by atoms with Crippen LogP contribution < -0.4 is 9.64 Å². The molecule has 1 saturated heterocycles. The molecular formula is C17H18N4O4. The van der Waals surface area contributed by atoms with Gasteiger partial charge in [-0.2, -0.15) is 0 Å². The van der Waals surface area contributed by atoms with Gasteiger partial charge in [-0.1, -0.05) is 12.1 Å². The summed E-state index contributed by atoms with van der Waals surface area (Å²) in [7, 11) is 1.41.